The van der Waals surface area contributed by atoms with Gasteiger partial charge in [0.25, 0.3) is 0 Å². The zero-order valence-corrected chi connectivity index (χ0v) is 13.6. The number of ether oxygens (including phenoxy) is 1. The van der Waals surface area contributed by atoms with Crippen molar-refractivity contribution in [2.24, 2.45) is 5.92 Å². The van der Waals surface area contributed by atoms with Crippen molar-refractivity contribution in [2.75, 3.05) is 32.7 Å². The Morgan fingerprint density at radius 1 is 1.38 bits per heavy atom. The van der Waals surface area contributed by atoms with Crippen LogP contribution in [0.25, 0.3) is 0 Å². The van der Waals surface area contributed by atoms with Gasteiger partial charge in [-0.25, -0.2) is 4.79 Å². The van der Waals surface area contributed by atoms with Gasteiger partial charge in [0.05, 0.1) is 6.54 Å². The molecule has 0 aliphatic carbocycles. The zero-order valence-electron chi connectivity index (χ0n) is 13.6. The summed E-state index contributed by atoms with van der Waals surface area (Å²) in [4.78, 5) is 26.6. The molecule has 21 heavy (non-hydrogen) atoms. The highest BCUT2D eigenvalue weighted by Crippen LogP contribution is 2.20. The van der Waals surface area contributed by atoms with Crippen LogP contribution in [0.15, 0.2) is 0 Å². The number of carbonyl (C=O) groups is 2. The molecule has 1 aliphatic rings. The van der Waals surface area contributed by atoms with E-state index in [0.717, 1.165) is 19.4 Å². The summed E-state index contributed by atoms with van der Waals surface area (Å²) >= 11 is 0. The first-order valence-corrected chi connectivity index (χ1v) is 7.63. The van der Waals surface area contributed by atoms with Crippen molar-refractivity contribution >= 4 is 12.1 Å². The highest BCUT2D eigenvalue weighted by molar-refractivity contribution is 5.69. The molecule has 0 spiro atoms. The summed E-state index contributed by atoms with van der Waals surface area (Å²) in [5, 5.41) is 8.89. The van der Waals surface area contributed by atoms with Crippen molar-refractivity contribution in [3.05, 3.63) is 0 Å². The molecular formula is C15H28N2O4. The van der Waals surface area contributed by atoms with Gasteiger partial charge in [-0.15, -0.1) is 0 Å². The van der Waals surface area contributed by atoms with E-state index in [2.05, 4.69) is 0 Å². The fraction of sp³-hybridized carbons (Fsp3) is 0.867. The van der Waals surface area contributed by atoms with E-state index in [0.29, 0.717) is 25.6 Å². The van der Waals surface area contributed by atoms with Crippen molar-refractivity contribution in [2.45, 2.75) is 46.1 Å². The summed E-state index contributed by atoms with van der Waals surface area (Å²) in [5.41, 5.74) is -0.483. The Bertz CT molecular complexity index is 365. The standard InChI is InChI=1S/C15H28N2O4/c1-5-16(11-13(18)19)9-12-7-6-8-17(10-12)14(20)21-15(2,3)4/h12H,5-11H2,1-4H3,(H,18,19)/t12-/m0/s1. The molecule has 0 radical (unpaired) electrons. The molecule has 0 unspecified atom stereocenters. The van der Waals surface area contributed by atoms with Gasteiger partial charge in [0.1, 0.15) is 5.60 Å². The number of likely N-dealkylation sites (N-methyl/N-ethyl adjacent to an activating group) is 1. The minimum absolute atomic E-state index is 0.0550. The maximum Gasteiger partial charge on any atom is 0.410 e. The summed E-state index contributed by atoms with van der Waals surface area (Å²) in [7, 11) is 0. The summed E-state index contributed by atoms with van der Waals surface area (Å²) in [6.45, 7) is 10.4. The predicted octanol–water partition coefficient (Wildman–Crippen LogP) is 2.04. The van der Waals surface area contributed by atoms with Gasteiger partial charge in [-0.2, -0.15) is 0 Å². The van der Waals surface area contributed by atoms with Crippen molar-refractivity contribution in [3.63, 3.8) is 0 Å². The van der Waals surface area contributed by atoms with Crippen LogP contribution in [0.3, 0.4) is 0 Å². The maximum absolute atomic E-state index is 12.1. The van der Waals surface area contributed by atoms with E-state index >= 15 is 0 Å². The molecule has 1 atom stereocenters. The Kier molecular flexibility index (Phi) is 6.45. The van der Waals surface area contributed by atoms with Gasteiger partial charge in [-0.1, -0.05) is 6.92 Å². The molecular weight excluding hydrogens is 272 g/mol. The summed E-state index contributed by atoms with van der Waals surface area (Å²) in [6, 6.07) is 0. The highest BCUT2D eigenvalue weighted by atomic mass is 16.6. The van der Waals surface area contributed by atoms with Crippen molar-refractivity contribution in [3.8, 4) is 0 Å². The Labute approximate surface area is 127 Å². The monoisotopic (exact) mass is 300 g/mol. The van der Waals surface area contributed by atoms with E-state index in [1.807, 2.05) is 32.6 Å². The molecule has 6 heteroatoms. The minimum atomic E-state index is -0.809. The molecule has 0 saturated carbocycles. The molecule has 0 aromatic heterocycles. The number of hydrogen-bond donors (Lipinski definition) is 1. The average Bonchev–Trinajstić information content (AvgIpc) is 2.35. The third kappa shape index (κ3) is 6.80. The lowest BCUT2D eigenvalue weighted by atomic mass is 9.97. The first kappa shape index (κ1) is 17.8. The lowest BCUT2D eigenvalue weighted by Gasteiger charge is -2.35. The number of rotatable bonds is 5. The molecule has 1 rings (SSSR count). The number of amides is 1. The van der Waals surface area contributed by atoms with E-state index in [1.165, 1.54) is 0 Å². The Hall–Kier alpha value is -1.30. The largest absolute Gasteiger partial charge is 0.480 e. The number of hydrogen-bond acceptors (Lipinski definition) is 4. The maximum atomic E-state index is 12.1. The molecule has 1 heterocycles. The summed E-state index contributed by atoms with van der Waals surface area (Å²) < 4.78 is 5.40. The molecule has 122 valence electrons. The smallest absolute Gasteiger partial charge is 0.410 e. The van der Waals surface area contributed by atoms with Crippen molar-refractivity contribution in [1.82, 2.24) is 9.80 Å². The molecule has 6 nitrogen and oxygen atoms in total. The van der Waals surface area contributed by atoms with Gasteiger partial charge >= 0.3 is 12.1 Å². The van der Waals surface area contributed by atoms with Gasteiger partial charge < -0.3 is 14.7 Å². The molecule has 0 aromatic carbocycles. The summed E-state index contributed by atoms with van der Waals surface area (Å²) in [6.07, 6.45) is 1.69. The van der Waals surface area contributed by atoms with Crippen LogP contribution in [0.2, 0.25) is 0 Å². The number of carboxylic acids is 1. The third-order valence-electron chi connectivity index (χ3n) is 3.49. The fourth-order valence-electron chi connectivity index (χ4n) is 2.57. The van der Waals surface area contributed by atoms with E-state index in [4.69, 9.17) is 9.84 Å². The minimum Gasteiger partial charge on any atom is -0.480 e. The molecule has 1 amide bonds. The third-order valence-corrected chi connectivity index (χ3v) is 3.49. The van der Waals surface area contributed by atoms with Gasteiger partial charge in [-0.05, 0) is 46.1 Å². The van der Waals surface area contributed by atoms with Gasteiger partial charge in [0.2, 0.25) is 0 Å². The average molecular weight is 300 g/mol. The number of piperidine rings is 1. The Balaban J connectivity index is 2.51. The van der Waals surface area contributed by atoms with Crippen LogP contribution in [-0.2, 0) is 9.53 Å². The Morgan fingerprint density at radius 2 is 2.05 bits per heavy atom. The number of likely N-dealkylation sites (tertiary alicyclic amines) is 1. The second-order valence-corrected chi connectivity index (χ2v) is 6.66. The van der Waals surface area contributed by atoms with Crippen LogP contribution in [0.1, 0.15) is 40.5 Å². The van der Waals surface area contributed by atoms with Crippen LogP contribution < -0.4 is 0 Å². The van der Waals surface area contributed by atoms with Crippen LogP contribution >= 0.6 is 0 Å². The molecule has 0 bridgehead atoms. The van der Waals surface area contributed by atoms with Crippen LogP contribution in [0, 0.1) is 5.92 Å². The van der Waals surface area contributed by atoms with Crippen LogP contribution in [-0.4, -0.2) is 65.3 Å². The topological polar surface area (TPSA) is 70.1 Å². The first-order chi connectivity index (χ1) is 9.71. The lowest BCUT2D eigenvalue weighted by Crippen LogP contribution is -2.46. The second-order valence-electron chi connectivity index (χ2n) is 6.66. The van der Waals surface area contributed by atoms with Crippen molar-refractivity contribution in [1.29, 1.82) is 0 Å². The molecule has 1 saturated heterocycles. The van der Waals surface area contributed by atoms with E-state index < -0.39 is 11.6 Å². The SMILES string of the molecule is CCN(CC(=O)O)C[C@@H]1CCCN(C(=O)OC(C)(C)C)C1. The number of aliphatic carboxylic acids is 1. The second kappa shape index (κ2) is 7.64. The van der Waals surface area contributed by atoms with Gasteiger partial charge in [0.15, 0.2) is 0 Å². The van der Waals surface area contributed by atoms with E-state index in [9.17, 15) is 9.59 Å². The van der Waals surface area contributed by atoms with Gasteiger partial charge in [-0.3, -0.25) is 9.69 Å². The quantitative estimate of drug-likeness (QED) is 0.841. The molecule has 1 N–H and O–H groups in total. The predicted molar refractivity (Wildman–Crippen MR) is 80.3 cm³/mol. The Morgan fingerprint density at radius 3 is 2.57 bits per heavy atom. The molecule has 1 aliphatic heterocycles. The number of carbonyl (C=O) groups excluding carboxylic acids is 1. The number of nitrogens with zero attached hydrogens (tertiary/aromatic N) is 2. The molecule has 0 aromatic rings. The fourth-order valence-corrected chi connectivity index (χ4v) is 2.57. The van der Waals surface area contributed by atoms with E-state index in [-0.39, 0.29) is 12.6 Å². The van der Waals surface area contributed by atoms with Gasteiger partial charge in [0, 0.05) is 19.6 Å². The normalized spacial score (nSPS) is 19.7. The van der Waals surface area contributed by atoms with E-state index in [1.54, 1.807) is 4.90 Å². The first-order valence-electron chi connectivity index (χ1n) is 7.63. The summed E-state index contributed by atoms with van der Waals surface area (Å²) in [5.74, 6) is -0.498. The van der Waals surface area contributed by atoms with Crippen LogP contribution in [0.4, 0.5) is 4.79 Å². The zero-order chi connectivity index (χ0) is 16.0. The van der Waals surface area contributed by atoms with Crippen molar-refractivity contribution < 1.29 is 19.4 Å². The highest BCUT2D eigenvalue weighted by Gasteiger charge is 2.28. The lowest BCUT2D eigenvalue weighted by molar-refractivity contribution is -0.138. The number of carboxylic acid groups (broad SMARTS) is 1. The van der Waals surface area contributed by atoms with Crippen LogP contribution in [0.5, 0.6) is 0 Å². The molecule has 1 fully saturated rings.